The lowest BCUT2D eigenvalue weighted by atomic mass is 10.0. The number of hydrogen-bond donors (Lipinski definition) is 3. The Labute approximate surface area is 194 Å². The summed E-state index contributed by atoms with van der Waals surface area (Å²) in [6.45, 7) is 0.599. The van der Waals surface area contributed by atoms with Crippen LogP contribution in [0.2, 0.25) is 0 Å². The zero-order chi connectivity index (χ0) is 24.3. The highest BCUT2D eigenvalue weighted by Gasteiger charge is 2.23. The van der Waals surface area contributed by atoms with E-state index < -0.39 is 27.6 Å². The van der Waals surface area contributed by atoms with Gasteiger partial charge < -0.3 is 19.7 Å². The fourth-order valence-electron chi connectivity index (χ4n) is 3.65. The number of nitrogens with one attached hydrogen (secondary N) is 1. The van der Waals surface area contributed by atoms with Gasteiger partial charge in [-0.1, -0.05) is 18.2 Å². The third-order valence-electron chi connectivity index (χ3n) is 5.57. The largest absolute Gasteiger partial charge is 0.394 e. The number of anilines is 1. The molecule has 0 spiro atoms. The smallest absolute Gasteiger partial charge is 0.251 e. The van der Waals surface area contributed by atoms with Crippen molar-refractivity contribution >= 4 is 32.1 Å². The van der Waals surface area contributed by atoms with Crippen LogP contribution >= 0.6 is 0 Å². The number of sulfonamides is 1. The summed E-state index contributed by atoms with van der Waals surface area (Å²) in [7, 11) is 1.65. The van der Waals surface area contributed by atoms with Gasteiger partial charge in [-0.25, -0.2) is 13.1 Å². The molecule has 0 aliphatic rings. The first kappa shape index (κ1) is 24.5. The summed E-state index contributed by atoms with van der Waals surface area (Å²) < 4.78 is 29.2. The summed E-state index contributed by atoms with van der Waals surface area (Å²) in [6, 6.07) is 17.8. The number of nitriles is 1. The van der Waals surface area contributed by atoms with Crippen molar-refractivity contribution in [1.29, 1.82) is 5.26 Å². The molecule has 1 aromatic heterocycles. The maximum absolute atomic E-state index is 12.6. The van der Waals surface area contributed by atoms with E-state index in [1.54, 1.807) is 19.1 Å². The summed E-state index contributed by atoms with van der Waals surface area (Å²) in [6.07, 6.45) is -1.25. The molecule has 3 rings (SSSR count). The second kappa shape index (κ2) is 9.77. The molecule has 0 saturated carbocycles. The molecule has 0 saturated heterocycles. The van der Waals surface area contributed by atoms with Crippen LogP contribution in [0.3, 0.4) is 0 Å². The summed E-state index contributed by atoms with van der Waals surface area (Å²) in [5.41, 5.74) is 3.82. The molecule has 1 atom stereocenters. The van der Waals surface area contributed by atoms with Crippen LogP contribution in [0.4, 0.5) is 5.69 Å². The minimum absolute atomic E-state index is 0.286. The average molecular weight is 469 g/mol. The summed E-state index contributed by atoms with van der Waals surface area (Å²) in [5, 5.41) is 30.1. The lowest BCUT2D eigenvalue weighted by Crippen LogP contribution is -2.34. The molecule has 0 fully saturated rings. The first-order chi connectivity index (χ1) is 15.6. The van der Waals surface area contributed by atoms with E-state index in [-0.39, 0.29) is 12.1 Å². The van der Waals surface area contributed by atoms with Crippen molar-refractivity contribution in [3.63, 3.8) is 0 Å². The monoisotopic (exact) mass is 468 g/mol. The van der Waals surface area contributed by atoms with Crippen LogP contribution in [-0.2, 0) is 17.1 Å². The molecule has 0 amide bonds. The van der Waals surface area contributed by atoms with Gasteiger partial charge in [0, 0.05) is 50.3 Å². The van der Waals surface area contributed by atoms with E-state index in [1.807, 2.05) is 42.7 Å². The van der Waals surface area contributed by atoms with Crippen molar-refractivity contribution < 1.29 is 18.6 Å². The van der Waals surface area contributed by atoms with Crippen LogP contribution in [0, 0.1) is 11.3 Å². The highest BCUT2D eigenvalue weighted by Crippen LogP contribution is 2.31. The quantitative estimate of drug-likeness (QED) is 0.437. The molecular weight excluding hydrogens is 440 g/mol. The molecule has 3 aromatic rings. The topological polar surface area (TPSA) is 119 Å². The third kappa shape index (κ3) is 5.10. The van der Waals surface area contributed by atoms with Crippen molar-refractivity contribution in [1.82, 2.24) is 9.29 Å². The molecule has 1 heterocycles. The average Bonchev–Trinajstić information content (AvgIpc) is 3.18. The van der Waals surface area contributed by atoms with E-state index in [0.717, 1.165) is 27.7 Å². The number of aliphatic hydroxyl groups excluding tert-OH is 2. The lowest BCUT2D eigenvalue weighted by Gasteiger charge is -2.14. The fraction of sp³-hybridized carbons (Fsp3) is 0.292. The number of benzene rings is 2. The Hall–Kier alpha value is -3.16. The van der Waals surface area contributed by atoms with Crippen LogP contribution in [0.5, 0.6) is 0 Å². The maximum atomic E-state index is 12.6. The van der Waals surface area contributed by atoms with Gasteiger partial charge in [-0.15, -0.1) is 0 Å². The molecule has 9 heteroatoms. The van der Waals surface area contributed by atoms with Gasteiger partial charge in [0.05, 0.1) is 12.7 Å². The number of aliphatic hydroxyl groups is 2. The van der Waals surface area contributed by atoms with Gasteiger partial charge in [-0.2, -0.15) is 5.26 Å². The summed E-state index contributed by atoms with van der Waals surface area (Å²) in [5.74, 6) is 0. The molecule has 0 radical (unpaired) electrons. The molecule has 3 N–H and O–H groups in total. The van der Waals surface area contributed by atoms with Gasteiger partial charge in [0.2, 0.25) is 0 Å². The van der Waals surface area contributed by atoms with Crippen LogP contribution in [-0.4, -0.2) is 56.5 Å². The van der Waals surface area contributed by atoms with E-state index >= 15 is 0 Å². The Kier molecular flexibility index (Phi) is 7.25. The number of aromatic nitrogens is 1. The maximum Gasteiger partial charge on any atom is 0.251 e. The van der Waals surface area contributed by atoms with E-state index in [1.165, 1.54) is 0 Å². The van der Waals surface area contributed by atoms with E-state index in [9.17, 15) is 18.8 Å². The first-order valence-corrected chi connectivity index (χ1v) is 11.8. The Morgan fingerprint density at radius 2 is 1.82 bits per heavy atom. The fourth-order valence-corrected chi connectivity index (χ4v) is 4.84. The summed E-state index contributed by atoms with van der Waals surface area (Å²) >= 11 is 0. The molecule has 2 aromatic carbocycles. The molecule has 0 aliphatic heterocycles. The zero-order valence-electron chi connectivity index (χ0n) is 19.1. The molecule has 174 valence electrons. The Morgan fingerprint density at radius 3 is 2.45 bits per heavy atom. The summed E-state index contributed by atoms with van der Waals surface area (Å²) in [4.78, 5) is 1.61. The highest BCUT2D eigenvalue weighted by atomic mass is 32.2. The molecule has 0 aliphatic carbocycles. The molecular formula is C24H28N4O4S. The number of hydrogen-bond acceptors (Lipinski definition) is 6. The van der Waals surface area contributed by atoms with Gasteiger partial charge in [0.25, 0.3) is 10.0 Å². The van der Waals surface area contributed by atoms with E-state index in [4.69, 9.17) is 5.11 Å². The molecule has 8 nitrogen and oxygen atoms in total. The van der Waals surface area contributed by atoms with Crippen molar-refractivity contribution in [3.05, 3.63) is 59.1 Å². The second-order valence-electron chi connectivity index (χ2n) is 8.06. The van der Waals surface area contributed by atoms with Gasteiger partial charge >= 0.3 is 0 Å². The number of rotatable bonds is 8. The van der Waals surface area contributed by atoms with E-state index in [2.05, 4.69) is 35.1 Å². The Balaban J connectivity index is 2.00. The minimum Gasteiger partial charge on any atom is -0.394 e. The van der Waals surface area contributed by atoms with Gasteiger partial charge in [-0.3, -0.25) is 0 Å². The van der Waals surface area contributed by atoms with Crippen LogP contribution in [0.25, 0.3) is 27.6 Å². The standard InChI is InChI=1S/C24H28N4O4S/c1-16(24(13-25)33(31,32)26-14-21(30)15-29)22-9-10-23(28(22)4)19-6-5-18-12-20(27(2)3)8-7-17(18)11-19/h5-12,21,26,29-30H,14-15H2,1-4H3/b24-16+. The zero-order valence-corrected chi connectivity index (χ0v) is 19.9. The van der Waals surface area contributed by atoms with Crippen molar-refractivity contribution in [2.24, 2.45) is 7.05 Å². The van der Waals surface area contributed by atoms with Gasteiger partial charge in [-0.05, 0) is 53.6 Å². The number of allylic oxidation sites excluding steroid dienone is 2. The van der Waals surface area contributed by atoms with Crippen molar-refractivity contribution in [2.75, 3.05) is 32.1 Å². The minimum atomic E-state index is -4.16. The SMILES string of the molecule is C/C(=C(/C#N)S(=O)(=O)NCC(O)CO)c1ccc(-c2ccc3cc(N(C)C)ccc3c2)n1C. The number of nitrogens with zero attached hydrogens (tertiary/aromatic N) is 3. The molecule has 33 heavy (non-hydrogen) atoms. The predicted molar refractivity (Wildman–Crippen MR) is 131 cm³/mol. The van der Waals surface area contributed by atoms with Gasteiger partial charge in [0.1, 0.15) is 6.07 Å². The molecule has 0 bridgehead atoms. The van der Waals surface area contributed by atoms with Gasteiger partial charge in [0.15, 0.2) is 4.91 Å². The molecule has 1 unspecified atom stereocenters. The predicted octanol–water partition coefficient (Wildman–Crippen LogP) is 2.44. The Morgan fingerprint density at radius 1 is 1.15 bits per heavy atom. The van der Waals surface area contributed by atoms with Crippen LogP contribution < -0.4 is 9.62 Å². The highest BCUT2D eigenvalue weighted by molar-refractivity contribution is 7.93. The van der Waals surface area contributed by atoms with Crippen LogP contribution in [0.15, 0.2) is 53.4 Å². The van der Waals surface area contributed by atoms with E-state index in [0.29, 0.717) is 5.69 Å². The first-order valence-electron chi connectivity index (χ1n) is 10.4. The number of fused-ring (bicyclic) bond motifs is 1. The normalized spacial score (nSPS) is 13.5. The lowest BCUT2D eigenvalue weighted by molar-refractivity contribution is 0.0989. The van der Waals surface area contributed by atoms with Crippen molar-refractivity contribution in [3.8, 4) is 17.3 Å². The second-order valence-corrected chi connectivity index (χ2v) is 9.76. The van der Waals surface area contributed by atoms with Crippen LogP contribution in [0.1, 0.15) is 12.6 Å². The third-order valence-corrected chi connectivity index (χ3v) is 7.05. The van der Waals surface area contributed by atoms with Crippen molar-refractivity contribution in [2.45, 2.75) is 13.0 Å². The Bertz CT molecular complexity index is 1350.